The summed E-state index contributed by atoms with van der Waals surface area (Å²) in [7, 11) is 0. The van der Waals surface area contributed by atoms with E-state index in [1.807, 2.05) is 30.3 Å². The van der Waals surface area contributed by atoms with E-state index in [0.29, 0.717) is 34.7 Å². The van der Waals surface area contributed by atoms with E-state index in [-0.39, 0.29) is 22.4 Å². The smallest absolute Gasteiger partial charge is 0.194 e. The van der Waals surface area contributed by atoms with Gasteiger partial charge in [-0.3, -0.25) is 9.59 Å². The van der Waals surface area contributed by atoms with Gasteiger partial charge in [-0.1, -0.05) is 79.0 Å². The largest absolute Gasteiger partial charge is 0.330 e. The quantitative estimate of drug-likeness (QED) is 0.369. The Morgan fingerprint density at radius 3 is 2.06 bits per heavy atom. The topological polar surface area (TPSA) is 60.2 Å². The summed E-state index contributed by atoms with van der Waals surface area (Å²) in [6, 6.07) is 11.7. The number of hydrogen-bond acceptors (Lipinski definition) is 3. The van der Waals surface area contributed by atoms with Crippen LogP contribution in [0.25, 0.3) is 0 Å². The predicted molar refractivity (Wildman–Crippen MR) is 137 cm³/mol. The number of carbonyl (C=O) groups excluding carboxylic acids is 2. The van der Waals surface area contributed by atoms with Gasteiger partial charge in [-0.15, -0.1) is 0 Å². The molecule has 1 aliphatic carbocycles. The Bertz CT molecular complexity index is 1040. The molecule has 0 radical (unpaired) electrons. The lowest BCUT2D eigenvalue weighted by molar-refractivity contribution is 0.0979. The maximum Gasteiger partial charge on any atom is 0.194 e. The second-order valence-electron chi connectivity index (χ2n) is 10.9. The Balaban J connectivity index is 1.86. The van der Waals surface area contributed by atoms with E-state index in [4.69, 9.17) is 5.73 Å². The molecule has 2 aromatic rings. The van der Waals surface area contributed by atoms with Crippen LogP contribution in [0.5, 0.6) is 0 Å². The van der Waals surface area contributed by atoms with Gasteiger partial charge < -0.3 is 5.73 Å². The highest BCUT2D eigenvalue weighted by Gasteiger charge is 2.33. The van der Waals surface area contributed by atoms with Crippen LogP contribution in [-0.4, -0.2) is 18.1 Å². The molecule has 2 aromatic carbocycles. The molecular formula is C30H41NO2. The van der Waals surface area contributed by atoms with Gasteiger partial charge in [0, 0.05) is 22.3 Å². The highest BCUT2D eigenvalue weighted by Crippen LogP contribution is 2.38. The van der Waals surface area contributed by atoms with Crippen LogP contribution in [-0.2, 0) is 11.8 Å². The monoisotopic (exact) mass is 447 g/mol. The van der Waals surface area contributed by atoms with Crippen molar-refractivity contribution in [1.82, 2.24) is 0 Å². The van der Waals surface area contributed by atoms with Crippen molar-refractivity contribution in [2.24, 2.45) is 17.1 Å². The lowest BCUT2D eigenvalue weighted by atomic mass is 9.71. The van der Waals surface area contributed by atoms with Gasteiger partial charge >= 0.3 is 0 Å². The normalized spacial score (nSPS) is 16.2. The van der Waals surface area contributed by atoms with Crippen molar-refractivity contribution < 1.29 is 9.59 Å². The van der Waals surface area contributed by atoms with Crippen molar-refractivity contribution in [2.75, 3.05) is 6.54 Å². The van der Waals surface area contributed by atoms with Crippen LogP contribution < -0.4 is 5.73 Å². The second kappa shape index (κ2) is 9.93. The van der Waals surface area contributed by atoms with Gasteiger partial charge in [-0.05, 0) is 71.9 Å². The molecule has 33 heavy (non-hydrogen) atoms. The molecule has 3 rings (SSSR count). The zero-order valence-electron chi connectivity index (χ0n) is 21.4. The fourth-order valence-electron chi connectivity index (χ4n) is 4.93. The molecule has 2 N–H and O–H groups in total. The Morgan fingerprint density at radius 2 is 1.48 bits per heavy atom. The van der Waals surface area contributed by atoms with E-state index in [0.717, 1.165) is 49.7 Å². The third-order valence-electron chi connectivity index (χ3n) is 8.32. The number of ketones is 2. The summed E-state index contributed by atoms with van der Waals surface area (Å²) in [5.74, 6) is 0.502. The number of carbonyl (C=O) groups is 2. The molecular weight excluding hydrogens is 406 g/mol. The SMILES string of the molecule is CCCc1ccc2c(c1)C(=O)c1ccc(C(C)(CC)CCCC(C)C(C)(C)CN)cc1C2=O. The van der Waals surface area contributed by atoms with Crippen LogP contribution in [0.4, 0.5) is 0 Å². The summed E-state index contributed by atoms with van der Waals surface area (Å²) in [6.07, 6.45) is 6.21. The number of fused-ring (bicyclic) bond motifs is 2. The van der Waals surface area contributed by atoms with E-state index in [1.165, 1.54) is 0 Å². The number of rotatable bonds is 10. The van der Waals surface area contributed by atoms with Crippen LogP contribution in [0.3, 0.4) is 0 Å². The van der Waals surface area contributed by atoms with Crippen molar-refractivity contribution in [3.63, 3.8) is 0 Å². The molecule has 0 spiro atoms. The summed E-state index contributed by atoms with van der Waals surface area (Å²) in [5, 5.41) is 0. The standard InChI is InChI=1S/C30H41NO2/c1-7-10-21-12-14-23-25(17-21)27(32)24-15-13-22(18-26(24)28(23)33)30(6,8-2)16-9-11-20(3)29(4,5)19-31/h12-15,17-18,20H,7-11,16,19,31H2,1-6H3. The lowest BCUT2D eigenvalue weighted by Crippen LogP contribution is -2.31. The van der Waals surface area contributed by atoms with E-state index in [1.54, 1.807) is 0 Å². The van der Waals surface area contributed by atoms with Crippen LogP contribution in [0.15, 0.2) is 36.4 Å². The Morgan fingerprint density at radius 1 is 0.879 bits per heavy atom. The molecule has 2 unspecified atom stereocenters. The highest BCUT2D eigenvalue weighted by atomic mass is 16.1. The predicted octanol–water partition coefficient (Wildman–Crippen LogP) is 6.87. The van der Waals surface area contributed by atoms with Crippen LogP contribution in [0.1, 0.15) is 117 Å². The van der Waals surface area contributed by atoms with Gasteiger partial charge in [-0.25, -0.2) is 0 Å². The van der Waals surface area contributed by atoms with Gasteiger partial charge in [0.2, 0.25) is 0 Å². The summed E-state index contributed by atoms with van der Waals surface area (Å²) in [4.78, 5) is 26.6. The molecule has 1 aliphatic rings. The minimum absolute atomic E-state index is 0.0266. The number of nitrogens with two attached hydrogens (primary N) is 1. The summed E-state index contributed by atoms with van der Waals surface area (Å²) in [6.45, 7) is 14.1. The number of benzene rings is 2. The Hall–Kier alpha value is -2.26. The van der Waals surface area contributed by atoms with E-state index in [9.17, 15) is 9.59 Å². The van der Waals surface area contributed by atoms with E-state index < -0.39 is 0 Å². The Kier molecular flexibility index (Phi) is 7.63. The first-order valence-corrected chi connectivity index (χ1v) is 12.6. The molecule has 0 aromatic heterocycles. The maximum atomic E-state index is 13.4. The minimum Gasteiger partial charge on any atom is -0.330 e. The van der Waals surface area contributed by atoms with Gasteiger partial charge in [0.05, 0.1) is 0 Å². The van der Waals surface area contributed by atoms with Crippen LogP contribution in [0, 0.1) is 11.3 Å². The third kappa shape index (κ3) is 4.99. The molecule has 0 heterocycles. The summed E-state index contributed by atoms with van der Waals surface area (Å²) in [5.41, 5.74) is 10.6. The highest BCUT2D eigenvalue weighted by molar-refractivity contribution is 6.28. The number of hydrogen-bond donors (Lipinski definition) is 1. The molecule has 0 aliphatic heterocycles. The van der Waals surface area contributed by atoms with Gasteiger partial charge in [0.25, 0.3) is 0 Å². The van der Waals surface area contributed by atoms with Crippen LogP contribution in [0.2, 0.25) is 0 Å². The van der Waals surface area contributed by atoms with E-state index >= 15 is 0 Å². The molecule has 2 atom stereocenters. The average molecular weight is 448 g/mol. The molecule has 178 valence electrons. The first-order valence-electron chi connectivity index (χ1n) is 12.6. The first kappa shape index (κ1) is 25.4. The van der Waals surface area contributed by atoms with Crippen molar-refractivity contribution in [3.8, 4) is 0 Å². The molecule has 0 fully saturated rings. The van der Waals surface area contributed by atoms with Crippen molar-refractivity contribution in [2.45, 2.75) is 85.5 Å². The lowest BCUT2D eigenvalue weighted by Gasteiger charge is -2.33. The summed E-state index contributed by atoms with van der Waals surface area (Å²) >= 11 is 0. The fraction of sp³-hybridized carbons (Fsp3) is 0.533. The molecule has 3 heteroatoms. The molecule has 3 nitrogen and oxygen atoms in total. The molecule has 0 amide bonds. The fourth-order valence-corrected chi connectivity index (χ4v) is 4.93. The zero-order chi connectivity index (χ0) is 24.4. The maximum absolute atomic E-state index is 13.4. The van der Waals surface area contributed by atoms with Gasteiger partial charge in [0.1, 0.15) is 0 Å². The average Bonchev–Trinajstić information content (AvgIpc) is 2.82. The van der Waals surface area contributed by atoms with Crippen molar-refractivity contribution >= 4 is 11.6 Å². The molecule has 0 saturated carbocycles. The van der Waals surface area contributed by atoms with Gasteiger partial charge in [0.15, 0.2) is 11.6 Å². The van der Waals surface area contributed by atoms with Gasteiger partial charge in [-0.2, -0.15) is 0 Å². The minimum atomic E-state index is -0.0316. The second-order valence-corrected chi connectivity index (χ2v) is 10.9. The van der Waals surface area contributed by atoms with Crippen molar-refractivity contribution in [1.29, 1.82) is 0 Å². The first-order chi connectivity index (χ1) is 15.6. The summed E-state index contributed by atoms with van der Waals surface area (Å²) < 4.78 is 0. The third-order valence-corrected chi connectivity index (χ3v) is 8.32. The zero-order valence-corrected chi connectivity index (χ0v) is 21.4. The van der Waals surface area contributed by atoms with Crippen molar-refractivity contribution in [3.05, 3.63) is 69.8 Å². The van der Waals surface area contributed by atoms with Crippen LogP contribution >= 0.6 is 0 Å². The Labute approximate surface area is 200 Å². The molecule has 0 saturated heterocycles. The van der Waals surface area contributed by atoms with E-state index in [2.05, 4.69) is 47.6 Å². The molecule has 0 bridgehead atoms. The number of aryl methyl sites for hydroxylation is 1.